The number of anilines is 3. The number of pyridine rings is 1. The molecule has 1 saturated heterocycles. The van der Waals surface area contributed by atoms with Crippen LogP contribution in [-0.2, 0) is 30.5 Å². The van der Waals surface area contributed by atoms with Gasteiger partial charge in [0.15, 0.2) is 9.84 Å². The highest BCUT2D eigenvalue weighted by Crippen LogP contribution is 2.33. The van der Waals surface area contributed by atoms with Gasteiger partial charge in [0, 0.05) is 49.6 Å². The molecule has 0 spiro atoms. The summed E-state index contributed by atoms with van der Waals surface area (Å²) in [5, 5.41) is 9.11. The lowest BCUT2D eigenvalue weighted by molar-refractivity contribution is -0.156. The summed E-state index contributed by atoms with van der Waals surface area (Å²) in [6.07, 6.45) is 4.23. The van der Waals surface area contributed by atoms with Crippen molar-refractivity contribution in [1.82, 2.24) is 20.3 Å². The number of hydrogen-bond donors (Lipinski definition) is 3. The van der Waals surface area contributed by atoms with Crippen LogP contribution in [0.4, 0.5) is 22.2 Å². The molecule has 0 radical (unpaired) electrons. The van der Waals surface area contributed by atoms with E-state index in [1.165, 1.54) is 5.56 Å². The fourth-order valence-corrected chi connectivity index (χ4v) is 5.67. The standard InChI is InChI=1S/C30H45N7O6S/c1-19-25(32-18-24(28(38)43-30(3,4)5)36-29(39)42-16-17-44(6,40)41)33-20(2)34-27(19)37-14-11-21(12-15-37)23-10-9-22-8-7-13-31-26(22)35-23/h9-10,21,24H,7-8,11-18H2,1-6H3,(H,31,35)(H,36,39)(H,32,33,34)/t24-/m0/s1. The molecule has 1 amide bonds. The molecule has 0 unspecified atom stereocenters. The third-order valence-electron chi connectivity index (χ3n) is 7.50. The van der Waals surface area contributed by atoms with E-state index in [-0.39, 0.29) is 18.9 Å². The summed E-state index contributed by atoms with van der Waals surface area (Å²) in [7, 11) is -3.31. The Morgan fingerprint density at radius 2 is 1.86 bits per heavy atom. The molecule has 2 aliphatic heterocycles. The van der Waals surface area contributed by atoms with Gasteiger partial charge in [-0.3, -0.25) is 0 Å². The average Bonchev–Trinajstić information content (AvgIpc) is 2.95. The summed E-state index contributed by atoms with van der Waals surface area (Å²) in [5.41, 5.74) is 2.45. The van der Waals surface area contributed by atoms with E-state index in [1.54, 1.807) is 20.8 Å². The van der Waals surface area contributed by atoms with Crippen LogP contribution in [0.3, 0.4) is 0 Å². The third-order valence-corrected chi connectivity index (χ3v) is 8.41. The normalized spacial score (nSPS) is 16.4. The van der Waals surface area contributed by atoms with Crippen molar-refractivity contribution in [1.29, 1.82) is 0 Å². The van der Waals surface area contributed by atoms with E-state index in [0.717, 1.165) is 74.5 Å². The Hall–Kier alpha value is -3.68. The first kappa shape index (κ1) is 33.2. The largest absolute Gasteiger partial charge is 0.458 e. The van der Waals surface area contributed by atoms with Gasteiger partial charge in [0.1, 0.15) is 41.5 Å². The summed E-state index contributed by atoms with van der Waals surface area (Å²) in [4.78, 5) is 41.9. The van der Waals surface area contributed by atoms with Gasteiger partial charge in [-0.1, -0.05) is 6.07 Å². The van der Waals surface area contributed by atoms with E-state index < -0.39 is 33.5 Å². The second kappa shape index (κ2) is 14.0. The second-order valence-corrected chi connectivity index (χ2v) is 14.7. The van der Waals surface area contributed by atoms with Crippen LogP contribution in [0.15, 0.2) is 12.1 Å². The second-order valence-electron chi connectivity index (χ2n) is 12.5. The summed E-state index contributed by atoms with van der Waals surface area (Å²) < 4.78 is 33.2. The lowest BCUT2D eigenvalue weighted by Crippen LogP contribution is -2.48. The molecule has 2 aliphatic rings. The number of carbonyl (C=O) groups excluding carboxylic acids is 2. The summed E-state index contributed by atoms with van der Waals surface area (Å²) in [5.74, 6) is 2.34. The minimum absolute atomic E-state index is 0.0348. The monoisotopic (exact) mass is 631 g/mol. The predicted octanol–water partition coefficient (Wildman–Crippen LogP) is 3.12. The number of carbonyl (C=O) groups is 2. The van der Waals surface area contributed by atoms with Crippen molar-refractivity contribution in [2.24, 2.45) is 0 Å². The molecular weight excluding hydrogens is 586 g/mol. The van der Waals surface area contributed by atoms with Crippen molar-refractivity contribution in [3.05, 3.63) is 34.8 Å². The number of rotatable bonds is 10. The number of fused-ring (bicyclic) bond motifs is 1. The Labute approximate surface area is 259 Å². The van der Waals surface area contributed by atoms with Gasteiger partial charge in [-0.2, -0.15) is 0 Å². The first-order valence-corrected chi connectivity index (χ1v) is 17.2. The van der Waals surface area contributed by atoms with Gasteiger partial charge >= 0.3 is 12.1 Å². The van der Waals surface area contributed by atoms with E-state index in [4.69, 9.17) is 19.4 Å². The van der Waals surface area contributed by atoms with Gasteiger partial charge in [-0.15, -0.1) is 0 Å². The van der Waals surface area contributed by atoms with Gasteiger partial charge < -0.3 is 30.3 Å². The van der Waals surface area contributed by atoms with Gasteiger partial charge in [0.2, 0.25) is 0 Å². The fourth-order valence-electron chi connectivity index (χ4n) is 5.29. The van der Waals surface area contributed by atoms with Crippen molar-refractivity contribution < 1.29 is 27.5 Å². The SMILES string of the molecule is Cc1nc(NC[C@H](NC(=O)OCCS(C)(=O)=O)C(=O)OC(C)(C)C)c(C)c(N2CCC(c3ccc4c(n3)NCCC4)CC2)n1. The lowest BCUT2D eigenvalue weighted by atomic mass is 9.92. The summed E-state index contributed by atoms with van der Waals surface area (Å²) in [6.45, 7) is 11.2. The number of aromatic nitrogens is 3. The summed E-state index contributed by atoms with van der Waals surface area (Å²) >= 11 is 0. The van der Waals surface area contributed by atoms with Crippen LogP contribution in [0.1, 0.15) is 68.6 Å². The number of amides is 1. The topological polar surface area (TPSA) is 165 Å². The molecule has 2 aromatic rings. The highest BCUT2D eigenvalue weighted by atomic mass is 32.2. The molecule has 44 heavy (non-hydrogen) atoms. The summed E-state index contributed by atoms with van der Waals surface area (Å²) in [6, 6.07) is 3.26. The molecule has 3 N–H and O–H groups in total. The Kier molecular flexibility index (Phi) is 10.5. The van der Waals surface area contributed by atoms with Crippen LogP contribution in [-0.4, -0.2) is 91.9 Å². The molecule has 0 bridgehead atoms. The molecule has 14 heteroatoms. The van der Waals surface area contributed by atoms with Crippen LogP contribution < -0.4 is 20.9 Å². The molecule has 4 rings (SSSR count). The minimum Gasteiger partial charge on any atom is -0.458 e. The van der Waals surface area contributed by atoms with E-state index in [9.17, 15) is 18.0 Å². The van der Waals surface area contributed by atoms with Gasteiger partial charge in [0.25, 0.3) is 0 Å². The third kappa shape index (κ3) is 9.41. The maximum atomic E-state index is 13.0. The zero-order chi connectivity index (χ0) is 32.1. The van der Waals surface area contributed by atoms with Crippen LogP contribution in [0.2, 0.25) is 0 Å². The molecule has 1 atom stereocenters. The Morgan fingerprint density at radius 1 is 1.14 bits per heavy atom. The van der Waals surface area contributed by atoms with E-state index in [0.29, 0.717) is 17.6 Å². The first-order chi connectivity index (χ1) is 20.7. The maximum Gasteiger partial charge on any atom is 0.407 e. The predicted molar refractivity (Wildman–Crippen MR) is 169 cm³/mol. The number of sulfone groups is 1. The quantitative estimate of drug-likeness (QED) is 0.329. The number of ether oxygens (including phenoxy) is 2. The number of nitrogens with one attached hydrogen (secondary N) is 3. The molecule has 0 saturated carbocycles. The number of piperidine rings is 1. The highest BCUT2D eigenvalue weighted by molar-refractivity contribution is 7.90. The molecule has 0 aliphatic carbocycles. The molecule has 1 fully saturated rings. The molecule has 0 aromatic carbocycles. The molecule has 13 nitrogen and oxygen atoms in total. The van der Waals surface area contributed by atoms with Crippen LogP contribution >= 0.6 is 0 Å². The van der Waals surface area contributed by atoms with Crippen LogP contribution in [0.25, 0.3) is 0 Å². The Bertz CT molecular complexity index is 1450. The van der Waals surface area contributed by atoms with Crippen LogP contribution in [0, 0.1) is 13.8 Å². The van der Waals surface area contributed by atoms with Crippen molar-refractivity contribution in [2.75, 3.05) is 60.3 Å². The number of nitrogens with zero attached hydrogens (tertiary/aromatic N) is 4. The number of esters is 1. The maximum absolute atomic E-state index is 13.0. The zero-order valence-electron chi connectivity index (χ0n) is 26.5. The Morgan fingerprint density at radius 3 is 2.55 bits per heavy atom. The molecule has 4 heterocycles. The lowest BCUT2D eigenvalue weighted by Gasteiger charge is -2.34. The van der Waals surface area contributed by atoms with E-state index >= 15 is 0 Å². The molecular formula is C30H45N7O6S. The number of alkyl carbamates (subject to hydrolysis) is 1. The van der Waals surface area contributed by atoms with Crippen molar-refractivity contribution in [3.63, 3.8) is 0 Å². The van der Waals surface area contributed by atoms with Crippen LogP contribution in [0.5, 0.6) is 0 Å². The van der Waals surface area contributed by atoms with Gasteiger partial charge in [0.05, 0.1) is 5.75 Å². The molecule has 2 aromatic heterocycles. The highest BCUT2D eigenvalue weighted by Gasteiger charge is 2.29. The molecule has 242 valence electrons. The van der Waals surface area contributed by atoms with Crippen molar-refractivity contribution >= 4 is 39.4 Å². The average molecular weight is 632 g/mol. The minimum atomic E-state index is -3.31. The van der Waals surface area contributed by atoms with E-state index in [2.05, 4.69) is 38.0 Å². The van der Waals surface area contributed by atoms with Gasteiger partial charge in [-0.05, 0) is 71.9 Å². The smallest absolute Gasteiger partial charge is 0.407 e. The number of aryl methyl sites for hydroxylation is 2. The number of hydrogen-bond acceptors (Lipinski definition) is 12. The Balaban J connectivity index is 1.42. The first-order valence-electron chi connectivity index (χ1n) is 15.1. The zero-order valence-corrected chi connectivity index (χ0v) is 27.3. The fraction of sp³-hybridized carbons (Fsp3) is 0.633. The van der Waals surface area contributed by atoms with E-state index in [1.807, 2.05) is 13.8 Å². The van der Waals surface area contributed by atoms with Crippen molar-refractivity contribution in [2.45, 2.75) is 77.9 Å². The van der Waals surface area contributed by atoms with Gasteiger partial charge in [-0.25, -0.2) is 33.0 Å². The van der Waals surface area contributed by atoms with Crippen molar-refractivity contribution in [3.8, 4) is 0 Å².